The van der Waals surface area contributed by atoms with Gasteiger partial charge in [0.2, 0.25) is 0 Å². The minimum Gasteiger partial charge on any atom is -0.264 e. The summed E-state index contributed by atoms with van der Waals surface area (Å²) in [6.45, 7) is 2.18. The summed E-state index contributed by atoms with van der Waals surface area (Å²) in [7, 11) is 0. The van der Waals surface area contributed by atoms with Gasteiger partial charge in [-0.3, -0.25) is 4.98 Å². The number of benzene rings is 1. The molecule has 0 unspecified atom stereocenters. The third-order valence-corrected chi connectivity index (χ3v) is 2.37. The van der Waals surface area contributed by atoms with Crippen LogP contribution in [0.15, 0.2) is 48.8 Å². The number of rotatable bonds is 2. The van der Waals surface area contributed by atoms with Crippen LogP contribution in [-0.2, 0) is 6.42 Å². The summed E-state index contributed by atoms with van der Waals surface area (Å²) in [4.78, 5) is 4.14. The number of hydrogen-bond acceptors (Lipinski definition) is 1. The van der Waals surface area contributed by atoms with E-state index >= 15 is 0 Å². The molecule has 1 nitrogen and oxygen atoms in total. The molecule has 14 heavy (non-hydrogen) atoms. The van der Waals surface area contributed by atoms with Gasteiger partial charge in [0.05, 0.1) is 0 Å². The highest BCUT2D eigenvalue weighted by Crippen LogP contribution is 2.22. The average Bonchev–Trinajstić information content (AvgIpc) is 2.30. The van der Waals surface area contributed by atoms with E-state index in [1.54, 1.807) is 6.20 Å². The van der Waals surface area contributed by atoms with Crippen LogP contribution in [0.3, 0.4) is 0 Å². The normalized spacial score (nSPS) is 10.1. The molecule has 0 saturated heterocycles. The van der Waals surface area contributed by atoms with Crippen LogP contribution in [0.1, 0.15) is 12.5 Å². The Morgan fingerprint density at radius 1 is 1.07 bits per heavy atom. The van der Waals surface area contributed by atoms with Gasteiger partial charge in [0.1, 0.15) is 0 Å². The van der Waals surface area contributed by atoms with Crippen LogP contribution < -0.4 is 0 Å². The Labute approximate surface area is 84.4 Å². The van der Waals surface area contributed by atoms with E-state index in [9.17, 15) is 0 Å². The second kappa shape index (κ2) is 4.05. The highest BCUT2D eigenvalue weighted by molar-refractivity contribution is 5.66. The van der Waals surface area contributed by atoms with Gasteiger partial charge in [-0.25, -0.2) is 0 Å². The van der Waals surface area contributed by atoms with Gasteiger partial charge >= 0.3 is 0 Å². The number of nitrogens with zero attached hydrogens (tertiary/aromatic N) is 1. The molecule has 1 aromatic heterocycles. The molecule has 2 rings (SSSR count). The molecule has 0 atom stereocenters. The number of aryl methyl sites for hydroxylation is 1. The van der Waals surface area contributed by atoms with Crippen LogP contribution in [0.25, 0.3) is 11.1 Å². The predicted octanol–water partition coefficient (Wildman–Crippen LogP) is 3.31. The second-order valence-corrected chi connectivity index (χ2v) is 3.25. The van der Waals surface area contributed by atoms with Gasteiger partial charge in [-0.15, -0.1) is 0 Å². The largest absolute Gasteiger partial charge is 0.264 e. The third-order valence-electron chi connectivity index (χ3n) is 2.37. The summed E-state index contributed by atoms with van der Waals surface area (Å²) in [5, 5.41) is 0. The van der Waals surface area contributed by atoms with Gasteiger partial charge in [0.15, 0.2) is 0 Å². The Morgan fingerprint density at radius 3 is 2.64 bits per heavy atom. The van der Waals surface area contributed by atoms with E-state index in [0.717, 1.165) is 6.42 Å². The van der Waals surface area contributed by atoms with Crippen LogP contribution in [0.2, 0.25) is 0 Å². The predicted molar refractivity (Wildman–Crippen MR) is 59.1 cm³/mol. The van der Waals surface area contributed by atoms with Crippen LogP contribution in [0, 0.1) is 0 Å². The molecule has 1 aromatic carbocycles. The Bertz CT molecular complexity index is 407. The van der Waals surface area contributed by atoms with E-state index in [2.05, 4.69) is 42.2 Å². The Kier molecular flexibility index (Phi) is 2.59. The zero-order valence-electron chi connectivity index (χ0n) is 8.27. The molecule has 0 fully saturated rings. The molecule has 0 amide bonds. The first-order valence-electron chi connectivity index (χ1n) is 4.90. The maximum Gasteiger partial charge on any atom is 0.0346 e. The maximum absolute atomic E-state index is 4.14. The highest BCUT2D eigenvalue weighted by atomic mass is 14.6. The molecular weight excluding hydrogens is 170 g/mol. The molecule has 0 aliphatic carbocycles. The van der Waals surface area contributed by atoms with Gasteiger partial charge in [0.25, 0.3) is 0 Å². The zero-order chi connectivity index (χ0) is 9.80. The topological polar surface area (TPSA) is 12.9 Å². The van der Waals surface area contributed by atoms with E-state index < -0.39 is 0 Å². The molecule has 0 spiro atoms. The Hall–Kier alpha value is -1.63. The third kappa shape index (κ3) is 1.67. The standard InChI is InChI=1S/C13H13N/c1-2-11-6-3-4-8-13(11)12-7-5-9-14-10-12/h3-10H,2H2,1H3. The number of hydrogen-bond donors (Lipinski definition) is 0. The lowest BCUT2D eigenvalue weighted by Gasteiger charge is -2.06. The molecule has 0 aliphatic rings. The van der Waals surface area contributed by atoms with Crippen molar-refractivity contribution < 1.29 is 0 Å². The Balaban J connectivity index is 2.51. The van der Waals surface area contributed by atoms with E-state index in [1.165, 1.54) is 16.7 Å². The molecule has 0 aliphatic heterocycles. The van der Waals surface area contributed by atoms with Crippen molar-refractivity contribution >= 4 is 0 Å². The van der Waals surface area contributed by atoms with Crippen molar-refractivity contribution in [2.24, 2.45) is 0 Å². The molecule has 0 radical (unpaired) electrons. The molecule has 1 heteroatoms. The van der Waals surface area contributed by atoms with E-state index in [4.69, 9.17) is 0 Å². The van der Waals surface area contributed by atoms with Crippen molar-refractivity contribution in [1.29, 1.82) is 0 Å². The fourth-order valence-corrected chi connectivity index (χ4v) is 1.63. The minimum atomic E-state index is 1.06. The fourth-order valence-electron chi connectivity index (χ4n) is 1.63. The smallest absolute Gasteiger partial charge is 0.0346 e. The van der Waals surface area contributed by atoms with Crippen molar-refractivity contribution in [3.05, 3.63) is 54.4 Å². The van der Waals surface area contributed by atoms with Crippen LogP contribution in [0.4, 0.5) is 0 Å². The van der Waals surface area contributed by atoms with Crippen LogP contribution in [-0.4, -0.2) is 4.98 Å². The quantitative estimate of drug-likeness (QED) is 0.696. The average molecular weight is 183 g/mol. The van der Waals surface area contributed by atoms with Gasteiger partial charge in [-0.2, -0.15) is 0 Å². The summed E-state index contributed by atoms with van der Waals surface area (Å²) in [6.07, 6.45) is 4.78. The molecule has 0 N–H and O–H groups in total. The summed E-state index contributed by atoms with van der Waals surface area (Å²) >= 11 is 0. The van der Waals surface area contributed by atoms with Crippen LogP contribution >= 0.6 is 0 Å². The molecule has 0 bridgehead atoms. The zero-order valence-corrected chi connectivity index (χ0v) is 8.27. The van der Waals surface area contributed by atoms with Gasteiger partial charge in [-0.05, 0) is 23.6 Å². The van der Waals surface area contributed by atoms with Crippen molar-refractivity contribution in [2.75, 3.05) is 0 Å². The van der Waals surface area contributed by atoms with Crippen LogP contribution in [0.5, 0.6) is 0 Å². The SMILES string of the molecule is CCc1ccccc1-c1cccnc1. The summed E-state index contributed by atoms with van der Waals surface area (Å²) < 4.78 is 0. The Morgan fingerprint density at radius 2 is 1.93 bits per heavy atom. The number of pyridine rings is 1. The van der Waals surface area contributed by atoms with Gasteiger partial charge in [0, 0.05) is 18.0 Å². The van der Waals surface area contributed by atoms with Gasteiger partial charge < -0.3 is 0 Å². The van der Waals surface area contributed by atoms with E-state index in [0.29, 0.717) is 0 Å². The lowest BCUT2D eigenvalue weighted by atomic mass is 10.00. The van der Waals surface area contributed by atoms with E-state index in [-0.39, 0.29) is 0 Å². The molecule has 70 valence electrons. The first kappa shape index (κ1) is 8.95. The lowest BCUT2D eigenvalue weighted by molar-refractivity contribution is 1.14. The van der Waals surface area contributed by atoms with Gasteiger partial charge in [-0.1, -0.05) is 37.3 Å². The second-order valence-electron chi connectivity index (χ2n) is 3.25. The highest BCUT2D eigenvalue weighted by Gasteiger charge is 2.01. The van der Waals surface area contributed by atoms with Crippen molar-refractivity contribution in [2.45, 2.75) is 13.3 Å². The monoisotopic (exact) mass is 183 g/mol. The molecular formula is C13H13N. The first-order valence-corrected chi connectivity index (χ1v) is 4.90. The van der Waals surface area contributed by atoms with Crippen molar-refractivity contribution in [3.8, 4) is 11.1 Å². The van der Waals surface area contributed by atoms with E-state index in [1.807, 2.05) is 12.3 Å². The van der Waals surface area contributed by atoms with Crippen molar-refractivity contribution in [1.82, 2.24) is 4.98 Å². The number of aromatic nitrogens is 1. The summed E-state index contributed by atoms with van der Waals surface area (Å²) in [5.41, 5.74) is 3.87. The fraction of sp³-hybridized carbons (Fsp3) is 0.154. The summed E-state index contributed by atoms with van der Waals surface area (Å²) in [5.74, 6) is 0. The van der Waals surface area contributed by atoms with Crippen molar-refractivity contribution in [3.63, 3.8) is 0 Å². The summed E-state index contributed by atoms with van der Waals surface area (Å²) in [6, 6.07) is 12.5. The maximum atomic E-state index is 4.14. The minimum absolute atomic E-state index is 1.06. The molecule has 2 aromatic rings. The molecule has 1 heterocycles. The lowest BCUT2D eigenvalue weighted by Crippen LogP contribution is -1.86. The molecule has 0 saturated carbocycles. The first-order chi connectivity index (χ1) is 6.92.